The molecular formula is C7H17N. The largest absolute Gasteiger partial charge is 0.310 e. The Hall–Kier alpha value is -0.330. The maximum Gasteiger partial charge on any atom is 0.00554 e. The van der Waals surface area contributed by atoms with E-state index in [0.717, 1.165) is 12.1 Å². The minimum atomic E-state index is 0.755. The van der Waals surface area contributed by atoms with Crippen molar-refractivity contribution in [1.82, 2.24) is 0 Å². The molecule has 0 aromatic carbocycles. The molecule has 0 fully saturated rings. The van der Waals surface area contributed by atoms with Crippen LogP contribution in [0.25, 0.3) is 0 Å². The molecule has 0 unspecified atom stereocenters. The molecule has 50 valence electrons. The van der Waals surface area contributed by atoms with Crippen LogP contribution in [0.3, 0.4) is 0 Å². The van der Waals surface area contributed by atoms with Crippen molar-refractivity contribution in [3.05, 3.63) is 0 Å². The molecule has 0 bridgehead atoms. The molecule has 0 aliphatic carbocycles. The highest BCUT2D eigenvalue weighted by atomic mass is 14.4. The molecule has 0 spiro atoms. The lowest BCUT2D eigenvalue weighted by Gasteiger charge is -1.77. The average Bonchev–Trinajstić information content (AvgIpc) is 1.69. The number of rotatable bonds is 1. The molecule has 0 heterocycles. The Morgan fingerprint density at radius 1 is 1.25 bits per heavy atom. The Bertz CT molecular complexity index is 48.3. The first-order valence-corrected chi connectivity index (χ1v) is 3.22. The summed E-state index contributed by atoms with van der Waals surface area (Å²) >= 11 is 0. The molecule has 0 aliphatic rings. The Balaban J connectivity index is 0. The SMILES string of the molecule is CCC.CCC(C)=N. The zero-order valence-electron chi connectivity index (χ0n) is 6.41. The maximum atomic E-state index is 6.74. The number of hydrogen-bond donors (Lipinski definition) is 1. The van der Waals surface area contributed by atoms with Crippen LogP contribution in [0.15, 0.2) is 0 Å². The third-order valence-electron chi connectivity index (χ3n) is 0.530. The topological polar surface area (TPSA) is 23.9 Å². The summed E-state index contributed by atoms with van der Waals surface area (Å²) in [4.78, 5) is 0. The van der Waals surface area contributed by atoms with Crippen LogP contribution < -0.4 is 0 Å². The van der Waals surface area contributed by atoms with Crippen molar-refractivity contribution >= 4 is 5.71 Å². The monoisotopic (exact) mass is 115 g/mol. The summed E-state index contributed by atoms with van der Waals surface area (Å²) in [5.41, 5.74) is 0.755. The van der Waals surface area contributed by atoms with E-state index in [1.165, 1.54) is 6.42 Å². The quantitative estimate of drug-likeness (QED) is 0.508. The number of nitrogens with one attached hydrogen (secondary N) is 1. The summed E-state index contributed by atoms with van der Waals surface area (Å²) in [5, 5.41) is 6.74. The predicted molar refractivity (Wildman–Crippen MR) is 39.7 cm³/mol. The van der Waals surface area contributed by atoms with E-state index in [0.29, 0.717) is 0 Å². The van der Waals surface area contributed by atoms with Gasteiger partial charge in [0.05, 0.1) is 0 Å². The van der Waals surface area contributed by atoms with Crippen LogP contribution in [-0.2, 0) is 0 Å². The van der Waals surface area contributed by atoms with Gasteiger partial charge in [-0.1, -0.05) is 27.2 Å². The van der Waals surface area contributed by atoms with E-state index in [1.807, 2.05) is 6.92 Å². The first-order chi connectivity index (χ1) is 3.68. The lowest BCUT2D eigenvalue weighted by atomic mass is 10.3. The summed E-state index contributed by atoms with van der Waals surface area (Å²) in [6.45, 7) is 8.03. The van der Waals surface area contributed by atoms with Gasteiger partial charge in [-0.15, -0.1) is 0 Å². The Morgan fingerprint density at radius 3 is 1.38 bits per heavy atom. The van der Waals surface area contributed by atoms with Gasteiger partial charge in [0.15, 0.2) is 0 Å². The minimum Gasteiger partial charge on any atom is -0.310 e. The molecule has 0 aromatic heterocycles. The van der Waals surface area contributed by atoms with Crippen molar-refractivity contribution in [3.63, 3.8) is 0 Å². The van der Waals surface area contributed by atoms with Crippen molar-refractivity contribution in [2.75, 3.05) is 0 Å². The first-order valence-electron chi connectivity index (χ1n) is 3.22. The molecular weight excluding hydrogens is 98.1 g/mol. The van der Waals surface area contributed by atoms with Crippen LogP contribution in [0, 0.1) is 5.41 Å². The van der Waals surface area contributed by atoms with Crippen molar-refractivity contribution < 1.29 is 0 Å². The smallest absolute Gasteiger partial charge is 0.00554 e. The van der Waals surface area contributed by atoms with Gasteiger partial charge in [-0.05, 0) is 13.3 Å². The third-order valence-corrected chi connectivity index (χ3v) is 0.530. The summed E-state index contributed by atoms with van der Waals surface area (Å²) in [6, 6.07) is 0. The molecule has 0 aromatic rings. The summed E-state index contributed by atoms with van der Waals surface area (Å²) in [6.07, 6.45) is 2.14. The van der Waals surface area contributed by atoms with E-state index >= 15 is 0 Å². The summed E-state index contributed by atoms with van der Waals surface area (Å²) in [5.74, 6) is 0. The zero-order chi connectivity index (χ0) is 6.99. The highest BCUT2D eigenvalue weighted by Crippen LogP contribution is 1.72. The predicted octanol–water partition coefficient (Wildman–Crippen LogP) is 2.85. The fraction of sp³-hybridized carbons (Fsp3) is 0.857. The van der Waals surface area contributed by atoms with E-state index in [-0.39, 0.29) is 0 Å². The Labute approximate surface area is 52.6 Å². The van der Waals surface area contributed by atoms with Crippen LogP contribution in [0.2, 0.25) is 0 Å². The fourth-order valence-corrected chi connectivity index (χ4v) is 0. The van der Waals surface area contributed by atoms with E-state index in [1.54, 1.807) is 6.92 Å². The van der Waals surface area contributed by atoms with Crippen LogP contribution in [0.4, 0.5) is 0 Å². The standard InChI is InChI=1S/C4H9N.C3H8/c1-3-4(2)5;1-3-2/h5H,3H2,1-2H3;3H2,1-2H3. The second-order valence-electron chi connectivity index (χ2n) is 1.84. The molecule has 0 atom stereocenters. The zero-order valence-corrected chi connectivity index (χ0v) is 6.41. The summed E-state index contributed by atoms with van der Waals surface area (Å²) < 4.78 is 0. The fourth-order valence-electron chi connectivity index (χ4n) is 0. The van der Waals surface area contributed by atoms with Gasteiger partial charge in [0.2, 0.25) is 0 Å². The van der Waals surface area contributed by atoms with Gasteiger partial charge in [0.1, 0.15) is 0 Å². The van der Waals surface area contributed by atoms with E-state index in [9.17, 15) is 0 Å². The molecule has 1 nitrogen and oxygen atoms in total. The molecule has 0 aliphatic heterocycles. The van der Waals surface area contributed by atoms with E-state index in [4.69, 9.17) is 5.41 Å². The van der Waals surface area contributed by atoms with Gasteiger partial charge in [-0.2, -0.15) is 0 Å². The van der Waals surface area contributed by atoms with Crippen molar-refractivity contribution in [3.8, 4) is 0 Å². The van der Waals surface area contributed by atoms with Gasteiger partial charge in [-0.25, -0.2) is 0 Å². The maximum absolute atomic E-state index is 6.74. The lowest BCUT2D eigenvalue weighted by molar-refractivity contribution is 1.09. The molecule has 8 heavy (non-hydrogen) atoms. The van der Waals surface area contributed by atoms with Crippen LogP contribution >= 0.6 is 0 Å². The van der Waals surface area contributed by atoms with Crippen molar-refractivity contribution in [1.29, 1.82) is 5.41 Å². The van der Waals surface area contributed by atoms with Crippen molar-refractivity contribution in [2.45, 2.75) is 40.5 Å². The van der Waals surface area contributed by atoms with Crippen LogP contribution in [-0.4, -0.2) is 5.71 Å². The van der Waals surface area contributed by atoms with Gasteiger partial charge < -0.3 is 5.41 Å². The molecule has 0 saturated carbocycles. The van der Waals surface area contributed by atoms with Gasteiger partial charge in [-0.3, -0.25) is 0 Å². The van der Waals surface area contributed by atoms with Gasteiger partial charge in [0.25, 0.3) is 0 Å². The molecule has 0 amide bonds. The van der Waals surface area contributed by atoms with E-state index < -0.39 is 0 Å². The molecule has 0 radical (unpaired) electrons. The highest BCUT2D eigenvalue weighted by Gasteiger charge is 1.70. The molecule has 1 heteroatoms. The minimum absolute atomic E-state index is 0.755. The van der Waals surface area contributed by atoms with Crippen LogP contribution in [0.5, 0.6) is 0 Å². The Morgan fingerprint density at radius 2 is 1.38 bits per heavy atom. The van der Waals surface area contributed by atoms with Gasteiger partial charge >= 0.3 is 0 Å². The second kappa shape index (κ2) is 9.83. The average molecular weight is 115 g/mol. The summed E-state index contributed by atoms with van der Waals surface area (Å²) in [7, 11) is 0. The highest BCUT2D eigenvalue weighted by molar-refractivity contribution is 5.77. The third kappa shape index (κ3) is 44.3. The second-order valence-corrected chi connectivity index (χ2v) is 1.84. The first kappa shape index (κ1) is 10.6. The molecule has 0 rings (SSSR count). The van der Waals surface area contributed by atoms with Crippen LogP contribution in [0.1, 0.15) is 40.5 Å². The Kier molecular flexibility index (Phi) is 13.0. The van der Waals surface area contributed by atoms with Gasteiger partial charge in [0, 0.05) is 5.71 Å². The molecule has 1 N–H and O–H groups in total. The lowest BCUT2D eigenvalue weighted by Crippen LogP contribution is -1.78. The van der Waals surface area contributed by atoms with Crippen molar-refractivity contribution in [2.24, 2.45) is 0 Å². The number of hydrogen-bond acceptors (Lipinski definition) is 1. The molecule has 0 saturated heterocycles. The normalized spacial score (nSPS) is 7.00. The van der Waals surface area contributed by atoms with E-state index in [2.05, 4.69) is 13.8 Å².